The van der Waals surface area contributed by atoms with Crippen LogP contribution in [0.3, 0.4) is 0 Å². The molecule has 1 heterocycles. The maximum Gasteiger partial charge on any atom is 0.321 e. The van der Waals surface area contributed by atoms with Crippen LogP contribution in [0.25, 0.3) is 0 Å². The zero-order valence-corrected chi connectivity index (χ0v) is 24.8. The van der Waals surface area contributed by atoms with Gasteiger partial charge in [-0.1, -0.05) is 25.1 Å². The third-order valence-electron chi connectivity index (χ3n) is 7.11. The van der Waals surface area contributed by atoms with Crippen molar-refractivity contribution in [2.24, 2.45) is 5.92 Å². The minimum Gasteiger partial charge on any atom is -0.497 e. The molecule has 3 aromatic carbocycles. The van der Waals surface area contributed by atoms with Crippen molar-refractivity contribution in [3.05, 3.63) is 78.4 Å². The number of aliphatic hydroxyl groups excluding tert-OH is 1. The lowest BCUT2D eigenvalue weighted by Gasteiger charge is -2.38. The standard InChI is InChI=1S/C30H36N4O7S/c1-20-17-34(21(2)19-35)29(36)26-16-23(32-42(38,39)25-13-11-24(40-4)12-14-25)10-15-27(26)41-28(20)18-33(3)30(37)31-22-8-6-5-7-9-22/h5-16,20-21,28,32,35H,17-19H2,1-4H3,(H,31,37)/t20-,21+,28+/m0/s1. The molecule has 0 unspecified atom stereocenters. The second-order valence-electron chi connectivity index (χ2n) is 10.3. The highest BCUT2D eigenvalue weighted by Crippen LogP contribution is 2.31. The summed E-state index contributed by atoms with van der Waals surface area (Å²) in [6.07, 6.45) is -0.515. The Morgan fingerprint density at radius 1 is 1.12 bits per heavy atom. The number of methoxy groups -OCH3 is 1. The van der Waals surface area contributed by atoms with Crippen LogP contribution in [0.5, 0.6) is 11.5 Å². The van der Waals surface area contributed by atoms with Gasteiger partial charge in [0.05, 0.1) is 36.8 Å². The molecule has 0 aliphatic carbocycles. The number of hydrogen-bond donors (Lipinski definition) is 3. The van der Waals surface area contributed by atoms with Crippen LogP contribution >= 0.6 is 0 Å². The molecular weight excluding hydrogens is 560 g/mol. The molecule has 3 aromatic rings. The third-order valence-corrected chi connectivity index (χ3v) is 8.51. The summed E-state index contributed by atoms with van der Waals surface area (Å²) in [5, 5.41) is 12.8. The molecule has 1 aliphatic heterocycles. The lowest BCUT2D eigenvalue weighted by Crippen LogP contribution is -2.50. The number of fused-ring (bicyclic) bond motifs is 1. The average molecular weight is 597 g/mol. The Hall–Kier alpha value is -4.29. The Balaban J connectivity index is 1.61. The normalized spacial score (nSPS) is 17.6. The van der Waals surface area contributed by atoms with E-state index in [0.717, 1.165) is 0 Å². The average Bonchev–Trinajstić information content (AvgIpc) is 2.99. The molecule has 42 heavy (non-hydrogen) atoms. The van der Waals surface area contributed by atoms with E-state index in [2.05, 4.69) is 10.0 Å². The minimum absolute atomic E-state index is 0.0267. The van der Waals surface area contributed by atoms with Gasteiger partial charge in [0, 0.05) is 30.9 Å². The van der Waals surface area contributed by atoms with Crippen molar-refractivity contribution in [3.8, 4) is 11.5 Å². The van der Waals surface area contributed by atoms with E-state index in [1.807, 2.05) is 25.1 Å². The summed E-state index contributed by atoms with van der Waals surface area (Å²) in [5.74, 6) is 0.146. The zero-order chi connectivity index (χ0) is 30.4. The highest BCUT2D eigenvalue weighted by atomic mass is 32.2. The van der Waals surface area contributed by atoms with E-state index in [4.69, 9.17) is 9.47 Å². The first kappa shape index (κ1) is 30.7. The molecule has 0 saturated heterocycles. The quantitative estimate of drug-likeness (QED) is 0.341. The number of urea groups is 1. The number of para-hydroxylation sites is 1. The van der Waals surface area contributed by atoms with Crippen LogP contribution in [0.15, 0.2) is 77.7 Å². The molecule has 0 spiro atoms. The number of carbonyl (C=O) groups excluding carboxylic acids is 2. The molecule has 1 aliphatic rings. The van der Waals surface area contributed by atoms with Gasteiger partial charge in [0.25, 0.3) is 15.9 Å². The third kappa shape index (κ3) is 7.12. The topological polar surface area (TPSA) is 138 Å². The first-order chi connectivity index (χ1) is 20.0. The van der Waals surface area contributed by atoms with Gasteiger partial charge in [0.1, 0.15) is 17.6 Å². The van der Waals surface area contributed by atoms with E-state index in [-0.39, 0.29) is 53.5 Å². The highest BCUT2D eigenvalue weighted by molar-refractivity contribution is 7.92. The molecule has 3 atom stereocenters. The van der Waals surface area contributed by atoms with Crippen LogP contribution in [0.1, 0.15) is 24.2 Å². The molecule has 0 saturated carbocycles. The van der Waals surface area contributed by atoms with E-state index < -0.39 is 28.1 Å². The molecule has 3 amide bonds. The maximum absolute atomic E-state index is 13.7. The Morgan fingerprint density at radius 2 is 1.81 bits per heavy atom. The number of sulfonamides is 1. The number of likely N-dealkylation sites (N-methyl/N-ethyl adjacent to an activating group) is 1. The number of hydrogen-bond acceptors (Lipinski definition) is 7. The van der Waals surface area contributed by atoms with Crippen LogP contribution in [-0.4, -0.2) is 81.3 Å². The van der Waals surface area contributed by atoms with Gasteiger partial charge >= 0.3 is 6.03 Å². The van der Waals surface area contributed by atoms with E-state index in [1.165, 1.54) is 42.3 Å². The van der Waals surface area contributed by atoms with Crippen molar-refractivity contribution in [3.63, 3.8) is 0 Å². The number of carbonyl (C=O) groups is 2. The Bertz CT molecular complexity index is 1500. The number of anilines is 2. The van der Waals surface area contributed by atoms with Crippen molar-refractivity contribution in [1.82, 2.24) is 9.80 Å². The van der Waals surface area contributed by atoms with Crippen molar-refractivity contribution in [2.45, 2.75) is 30.9 Å². The Morgan fingerprint density at radius 3 is 2.45 bits per heavy atom. The molecule has 0 fully saturated rings. The van der Waals surface area contributed by atoms with Crippen LogP contribution in [0, 0.1) is 5.92 Å². The molecule has 224 valence electrons. The number of benzene rings is 3. The fourth-order valence-electron chi connectivity index (χ4n) is 4.57. The monoisotopic (exact) mass is 596 g/mol. The van der Waals surface area contributed by atoms with Gasteiger partial charge in [-0.05, 0) is 61.5 Å². The second-order valence-corrected chi connectivity index (χ2v) is 12.0. The second kappa shape index (κ2) is 13.1. The number of ether oxygens (including phenoxy) is 2. The number of amides is 3. The summed E-state index contributed by atoms with van der Waals surface area (Å²) in [5.41, 5.74) is 0.964. The van der Waals surface area contributed by atoms with Gasteiger partial charge in [0.2, 0.25) is 0 Å². The minimum atomic E-state index is -3.97. The molecule has 0 bridgehead atoms. The van der Waals surface area contributed by atoms with Crippen molar-refractivity contribution < 1.29 is 32.6 Å². The van der Waals surface area contributed by atoms with E-state index in [1.54, 1.807) is 43.1 Å². The van der Waals surface area contributed by atoms with Crippen LogP contribution in [-0.2, 0) is 10.0 Å². The molecule has 3 N–H and O–H groups in total. The molecule has 11 nitrogen and oxygen atoms in total. The Kier molecular flexibility index (Phi) is 9.59. The summed E-state index contributed by atoms with van der Waals surface area (Å²) in [4.78, 5) is 29.7. The Labute approximate surface area is 246 Å². The number of aliphatic hydroxyl groups is 1. The van der Waals surface area contributed by atoms with Crippen LogP contribution in [0.2, 0.25) is 0 Å². The van der Waals surface area contributed by atoms with E-state index in [0.29, 0.717) is 11.4 Å². The van der Waals surface area contributed by atoms with Gasteiger partial charge in [-0.25, -0.2) is 13.2 Å². The smallest absolute Gasteiger partial charge is 0.321 e. The molecule has 4 rings (SSSR count). The van der Waals surface area contributed by atoms with E-state index >= 15 is 0 Å². The first-order valence-electron chi connectivity index (χ1n) is 13.5. The van der Waals surface area contributed by atoms with Crippen molar-refractivity contribution in [2.75, 3.05) is 43.9 Å². The summed E-state index contributed by atoms with van der Waals surface area (Å²) in [6, 6.07) is 18.7. The number of rotatable bonds is 9. The summed E-state index contributed by atoms with van der Waals surface area (Å²) in [6.45, 7) is 3.85. The lowest BCUT2D eigenvalue weighted by molar-refractivity contribution is 0.0371. The van der Waals surface area contributed by atoms with Gasteiger partial charge in [-0.15, -0.1) is 0 Å². The van der Waals surface area contributed by atoms with E-state index in [9.17, 15) is 23.1 Å². The largest absolute Gasteiger partial charge is 0.497 e. The van der Waals surface area contributed by atoms with Crippen molar-refractivity contribution >= 4 is 33.3 Å². The molecular formula is C30H36N4O7S. The fraction of sp³-hybridized carbons (Fsp3) is 0.333. The zero-order valence-electron chi connectivity index (χ0n) is 24.0. The SMILES string of the molecule is COc1ccc(S(=O)(=O)Nc2ccc3c(c2)C(=O)N([C@H](C)CO)C[C@H](C)[C@@H](CN(C)C(=O)Nc2ccccc2)O3)cc1. The lowest BCUT2D eigenvalue weighted by atomic mass is 9.99. The summed E-state index contributed by atoms with van der Waals surface area (Å²) in [7, 11) is -0.821. The predicted molar refractivity (Wildman–Crippen MR) is 159 cm³/mol. The first-order valence-corrected chi connectivity index (χ1v) is 15.0. The molecule has 0 radical (unpaired) electrons. The van der Waals surface area contributed by atoms with Crippen LogP contribution < -0.4 is 19.5 Å². The number of nitrogens with zero attached hydrogens (tertiary/aromatic N) is 2. The highest BCUT2D eigenvalue weighted by Gasteiger charge is 2.34. The predicted octanol–water partition coefficient (Wildman–Crippen LogP) is 3.88. The van der Waals surface area contributed by atoms with Crippen LogP contribution in [0.4, 0.5) is 16.2 Å². The van der Waals surface area contributed by atoms with Gasteiger partial charge in [0.15, 0.2) is 0 Å². The van der Waals surface area contributed by atoms with Crippen molar-refractivity contribution in [1.29, 1.82) is 0 Å². The summed E-state index contributed by atoms with van der Waals surface area (Å²) < 4.78 is 40.0. The van der Waals surface area contributed by atoms with Gasteiger partial charge < -0.3 is 29.7 Å². The van der Waals surface area contributed by atoms with Gasteiger partial charge in [-0.3, -0.25) is 9.52 Å². The van der Waals surface area contributed by atoms with Gasteiger partial charge in [-0.2, -0.15) is 0 Å². The fourth-order valence-corrected chi connectivity index (χ4v) is 5.62. The number of nitrogens with one attached hydrogen (secondary N) is 2. The summed E-state index contributed by atoms with van der Waals surface area (Å²) >= 11 is 0. The molecule has 0 aromatic heterocycles. The molecule has 12 heteroatoms. The maximum atomic E-state index is 13.7.